The van der Waals surface area contributed by atoms with Crippen molar-refractivity contribution in [3.8, 4) is 6.07 Å². The maximum atomic E-state index is 11.2. The molecule has 0 atom stereocenters. The second-order valence-corrected chi connectivity index (χ2v) is 3.61. The van der Waals surface area contributed by atoms with Crippen LogP contribution in [-0.2, 0) is 22.4 Å². The monoisotopic (exact) mass is 248 g/mol. The summed E-state index contributed by atoms with van der Waals surface area (Å²) in [6.07, 6.45) is 0.547. The van der Waals surface area contributed by atoms with Crippen molar-refractivity contribution in [3.05, 3.63) is 38.9 Å². The average molecular weight is 248 g/mol. The van der Waals surface area contributed by atoms with E-state index in [1.54, 1.807) is 6.07 Å². The van der Waals surface area contributed by atoms with Crippen molar-refractivity contribution in [2.45, 2.75) is 19.8 Å². The normalized spacial score (nSPS) is 9.61. The van der Waals surface area contributed by atoms with Gasteiger partial charge in [0.2, 0.25) is 0 Å². The molecule has 1 aromatic carbocycles. The fourth-order valence-electron chi connectivity index (χ4n) is 1.64. The van der Waals surface area contributed by atoms with E-state index in [2.05, 4.69) is 4.74 Å². The molecule has 0 N–H and O–H groups in total. The molecular formula is C12H12N2O4. The number of nitro benzene ring substituents is 1. The SMILES string of the molecule is CCc1cc([N+](=O)[O-])c(C#N)cc1CC(=O)OC. The fraction of sp³-hybridized carbons (Fsp3) is 0.333. The highest BCUT2D eigenvalue weighted by atomic mass is 16.6. The molecule has 1 rings (SSSR count). The van der Waals surface area contributed by atoms with Gasteiger partial charge in [0.25, 0.3) is 5.69 Å². The van der Waals surface area contributed by atoms with Gasteiger partial charge in [0, 0.05) is 6.07 Å². The first-order valence-electron chi connectivity index (χ1n) is 5.30. The number of benzene rings is 1. The topological polar surface area (TPSA) is 93.2 Å². The zero-order chi connectivity index (χ0) is 13.7. The number of methoxy groups -OCH3 is 1. The number of carbonyl (C=O) groups excluding carboxylic acids is 1. The zero-order valence-electron chi connectivity index (χ0n) is 10.1. The van der Waals surface area contributed by atoms with Gasteiger partial charge in [-0.05, 0) is 23.6 Å². The number of nitro groups is 1. The maximum absolute atomic E-state index is 11.2. The minimum atomic E-state index is -0.598. The number of esters is 1. The number of hydrogen-bond donors (Lipinski definition) is 0. The molecule has 0 aromatic heterocycles. The molecule has 94 valence electrons. The third-order valence-electron chi connectivity index (χ3n) is 2.58. The molecule has 1 aromatic rings. The Balaban J connectivity index is 3.31. The van der Waals surface area contributed by atoms with Gasteiger partial charge >= 0.3 is 5.97 Å². The molecular weight excluding hydrogens is 236 g/mol. The molecule has 0 saturated heterocycles. The first kappa shape index (κ1) is 13.6. The highest BCUT2D eigenvalue weighted by molar-refractivity contribution is 5.73. The molecule has 18 heavy (non-hydrogen) atoms. The largest absolute Gasteiger partial charge is 0.469 e. The number of carbonyl (C=O) groups is 1. The van der Waals surface area contributed by atoms with Gasteiger partial charge in [0.05, 0.1) is 18.5 Å². The summed E-state index contributed by atoms with van der Waals surface area (Å²) < 4.78 is 4.55. The van der Waals surface area contributed by atoms with Crippen LogP contribution in [0.2, 0.25) is 0 Å². The highest BCUT2D eigenvalue weighted by Crippen LogP contribution is 2.24. The number of rotatable bonds is 4. The first-order valence-corrected chi connectivity index (χ1v) is 5.30. The predicted molar refractivity (Wildman–Crippen MR) is 62.9 cm³/mol. The van der Waals surface area contributed by atoms with Gasteiger partial charge in [-0.3, -0.25) is 14.9 Å². The number of hydrogen-bond acceptors (Lipinski definition) is 5. The molecule has 0 heterocycles. The lowest BCUT2D eigenvalue weighted by Crippen LogP contribution is -2.08. The Morgan fingerprint density at radius 2 is 2.17 bits per heavy atom. The third kappa shape index (κ3) is 2.83. The molecule has 0 aliphatic rings. The second-order valence-electron chi connectivity index (χ2n) is 3.61. The second kappa shape index (κ2) is 5.77. The van der Waals surface area contributed by atoms with Gasteiger partial charge < -0.3 is 4.74 Å². The lowest BCUT2D eigenvalue weighted by Gasteiger charge is -2.07. The van der Waals surface area contributed by atoms with Gasteiger partial charge in [-0.1, -0.05) is 6.92 Å². The van der Waals surface area contributed by atoms with Crippen molar-refractivity contribution in [1.29, 1.82) is 5.26 Å². The summed E-state index contributed by atoms with van der Waals surface area (Å²) in [6.45, 7) is 1.83. The van der Waals surface area contributed by atoms with Crippen molar-refractivity contribution in [2.75, 3.05) is 7.11 Å². The first-order chi connectivity index (χ1) is 8.53. The number of ether oxygens (including phenoxy) is 1. The summed E-state index contributed by atoms with van der Waals surface area (Å²) in [6, 6.07) is 4.49. The molecule has 0 radical (unpaired) electrons. The van der Waals surface area contributed by atoms with Crippen molar-refractivity contribution < 1.29 is 14.5 Å². The Bertz CT molecular complexity index is 532. The zero-order valence-corrected chi connectivity index (χ0v) is 10.1. The maximum Gasteiger partial charge on any atom is 0.309 e. The van der Waals surface area contributed by atoms with Crippen molar-refractivity contribution >= 4 is 11.7 Å². The Labute approximate surface area is 104 Å². The Morgan fingerprint density at radius 1 is 1.50 bits per heavy atom. The minimum Gasteiger partial charge on any atom is -0.469 e. The van der Waals surface area contributed by atoms with Crippen LogP contribution in [0.5, 0.6) is 0 Å². The predicted octanol–water partition coefficient (Wildman–Crippen LogP) is 1.74. The van der Waals surface area contributed by atoms with E-state index in [1.165, 1.54) is 19.2 Å². The lowest BCUT2D eigenvalue weighted by atomic mass is 9.98. The van der Waals surface area contributed by atoms with Crippen LogP contribution in [0.1, 0.15) is 23.6 Å². The van der Waals surface area contributed by atoms with E-state index in [9.17, 15) is 14.9 Å². The van der Waals surface area contributed by atoms with Crippen molar-refractivity contribution in [1.82, 2.24) is 0 Å². The summed E-state index contributed by atoms with van der Waals surface area (Å²) in [7, 11) is 1.27. The summed E-state index contributed by atoms with van der Waals surface area (Å²) in [5.41, 5.74) is 0.983. The van der Waals surface area contributed by atoms with Crippen LogP contribution in [0.25, 0.3) is 0 Å². The number of aryl methyl sites for hydroxylation is 1. The molecule has 6 heteroatoms. The lowest BCUT2D eigenvalue weighted by molar-refractivity contribution is -0.385. The Morgan fingerprint density at radius 3 is 2.61 bits per heavy atom. The standard InChI is InChI=1S/C12H12N2O4/c1-3-8-5-11(14(16)17)10(7-13)4-9(8)6-12(15)18-2/h4-5H,3,6H2,1-2H3. The van der Waals surface area contributed by atoms with Crippen LogP contribution in [0.15, 0.2) is 12.1 Å². The smallest absolute Gasteiger partial charge is 0.309 e. The summed E-state index contributed by atoms with van der Waals surface area (Å²) >= 11 is 0. The molecule has 0 amide bonds. The van der Waals surface area contributed by atoms with Gasteiger partial charge in [-0.15, -0.1) is 0 Å². The molecule has 0 bridgehead atoms. The minimum absolute atomic E-state index is 0.00630. The van der Waals surface area contributed by atoms with Crippen LogP contribution in [0.4, 0.5) is 5.69 Å². The van der Waals surface area contributed by atoms with Crippen LogP contribution in [0, 0.1) is 21.4 Å². The molecule has 0 aliphatic carbocycles. The van der Waals surface area contributed by atoms with E-state index < -0.39 is 10.9 Å². The van der Waals surface area contributed by atoms with E-state index in [4.69, 9.17) is 5.26 Å². The summed E-state index contributed by atoms with van der Waals surface area (Å²) in [5, 5.41) is 19.7. The van der Waals surface area contributed by atoms with E-state index in [0.29, 0.717) is 17.5 Å². The number of nitriles is 1. The molecule has 6 nitrogen and oxygen atoms in total. The quantitative estimate of drug-likeness (QED) is 0.459. The fourth-order valence-corrected chi connectivity index (χ4v) is 1.64. The third-order valence-corrected chi connectivity index (χ3v) is 2.58. The van der Waals surface area contributed by atoms with E-state index in [-0.39, 0.29) is 17.7 Å². The van der Waals surface area contributed by atoms with Crippen LogP contribution >= 0.6 is 0 Å². The van der Waals surface area contributed by atoms with E-state index in [0.717, 1.165) is 0 Å². The van der Waals surface area contributed by atoms with E-state index >= 15 is 0 Å². The summed E-state index contributed by atoms with van der Waals surface area (Å²) in [5.74, 6) is -0.442. The van der Waals surface area contributed by atoms with Gasteiger partial charge in [0.15, 0.2) is 0 Å². The molecule has 0 spiro atoms. The Kier molecular flexibility index (Phi) is 4.38. The van der Waals surface area contributed by atoms with Crippen LogP contribution in [0.3, 0.4) is 0 Å². The van der Waals surface area contributed by atoms with Crippen LogP contribution < -0.4 is 0 Å². The molecule has 0 fully saturated rings. The van der Waals surface area contributed by atoms with Gasteiger partial charge in [-0.2, -0.15) is 5.26 Å². The van der Waals surface area contributed by atoms with Gasteiger partial charge in [-0.25, -0.2) is 0 Å². The van der Waals surface area contributed by atoms with Crippen molar-refractivity contribution in [3.63, 3.8) is 0 Å². The van der Waals surface area contributed by atoms with Crippen molar-refractivity contribution in [2.24, 2.45) is 0 Å². The van der Waals surface area contributed by atoms with Crippen LogP contribution in [-0.4, -0.2) is 18.0 Å². The molecule has 0 saturated carbocycles. The highest BCUT2D eigenvalue weighted by Gasteiger charge is 2.18. The molecule has 0 aliphatic heterocycles. The van der Waals surface area contributed by atoms with E-state index in [1.807, 2.05) is 6.92 Å². The molecule has 0 unspecified atom stereocenters. The summed E-state index contributed by atoms with van der Waals surface area (Å²) in [4.78, 5) is 21.4. The number of nitrogens with zero attached hydrogens (tertiary/aromatic N) is 2. The van der Waals surface area contributed by atoms with Gasteiger partial charge in [0.1, 0.15) is 11.6 Å². The average Bonchev–Trinajstić information content (AvgIpc) is 2.37. The Hall–Kier alpha value is -2.42.